The first-order chi connectivity index (χ1) is 6.95. The minimum Gasteiger partial charge on any atom is -0.471 e. The van der Waals surface area contributed by atoms with Crippen LogP contribution in [0.5, 0.6) is 5.75 Å². The van der Waals surface area contributed by atoms with Gasteiger partial charge in [0.15, 0.2) is 6.79 Å². The molecule has 0 aliphatic rings. The van der Waals surface area contributed by atoms with Gasteiger partial charge in [-0.05, 0) is 6.07 Å². The molecule has 1 rings (SSSR count). The van der Waals surface area contributed by atoms with Crippen LogP contribution in [0.3, 0.4) is 0 Å². The molecule has 0 bridgehead atoms. The third-order valence-electron chi connectivity index (χ3n) is 1.66. The Kier molecular flexibility index (Phi) is 7.84. The van der Waals surface area contributed by atoms with Crippen molar-refractivity contribution in [1.82, 2.24) is 0 Å². The molecule has 0 radical (unpaired) electrons. The molecular weight excluding hydrogens is 315 g/mol. The first-order valence-corrected chi connectivity index (χ1v) is 4.85. The first-order valence-electron chi connectivity index (χ1n) is 4.06. The second-order valence-electron chi connectivity index (χ2n) is 2.81. The van der Waals surface area contributed by atoms with Crippen molar-refractivity contribution in [3.8, 4) is 5.75 Å². The average molecular weight is 323 g/mol. The van der Waals surface area contributed by atoms with Gasteiger partial charge in [0.2, 0.25) is 0 Å². The van der Waals surface area contributed by atoms with Crippen molar-refractivity contribution in [2.45, 2.75) is 0 Å². The molecule has 84 valence electrons. The van der Waals surface area contributed by atoms with E-state index in [1.54, 1.807) is 0 Å². The number of hydrogen-bond donors (Lipinski definition) is 0. The van der Waals surface area contributed by atoms with Crippen LogP contribution in [0.4, 0.5) is 12.9 Å². The first kappa shape index (κ1) is 17.0. The van der Waals surface area contributed by atoms with E-state index in [4.69, 9.17) is 4.74 Å². The van der Waals surface area contributed by atoms with Crippen molar-refractivity contribution in [3.63, 3.8) is 0 Å². The molecule has 2 nitrogen and oxygen atoms in total. The summed E-state index contributed by atoms with van der Waals surface area (Å²) in [6.07, 6.45) is 0. The number of halogens is 4. The van der Waals surface area contributed by atoms with E-state index in [0.29, 0.717) is 4.47 Å². The number of ether oxygens (including phenoxy) is 2. The maximum absolute atomic E-state index is 12.5. The van der Waals surface area contributed by atoms with E-state index in [1.165, 1.54) is 19.2 Å². The van der Waals surface area contributed by atoms with E-state index in [-0.39, 0.29) is 63.9 Å². The van der Waals surface area contributed by atoms with Crippen LogP contribution in [0.15, 0.2) is 22.7 Å². The van der Waals surface area contributed by atoms with Gasteiger partial charge in [-0.15, -0.1) is 0 Å². The van der Waals surface area contributed by atoms with Crippen LogP contribution in [-0.2, 0) is 4.74 Å². The minimum absolute atomic E-state index is 0. The fourth-order valence-corrected chi connectivity index (χ4v) is 1.37. The second-order valence-corrected chi connectivity index (χ2v) is 3.72. The van der Waals surface area contributed by atoms with Gasteiger partial charge in [-0.25, -0.2) is 0 Å². The fourth-order valence-electron chi connectivity index (χ4n) is 1.03. The van der Waals surface area contributed by atoms with Gasteiger partial charge in [-0.3, -0.25) is 0 Å². The van der Waals surface area contributed by atoms with Crippen LogP contribution in [0.2, 0.25) is 0 Å². The van der Waals surface area contributed by atoms with Crippen molar-refractivity contribution in [2.75, 3.05) is 13.9 Å². The summed E-state index contributed by atoms with van der Waals surface area (Å²) in [5, 5.41) is 0. The van der Waals surface area contributed by atoms with E-state index in [0.717, 1.165) is 6.07 Å². The Morgan fingerprint density at radius 1 is 1.31 bits per heavy atom. The molecule has 0 aliphatic carbocycles. The summed E-state index contributed by atoms with van der Waals surface area (Å²) in [7, 11) is 1.34. The maximum Gasteiger partial charge on any atom is 1.00 e. The van der Waals surface area contributed by atoms with Gasteiger partial charge in [-0.1, -0.05) is 33.5 Å². The molecule has 16 heavy (non-hydrogen) atoms. The van der Waals surface area contributed by atoms with Crippen LogP contribution >= 0.6 is 15.9 Å². The van der Waals surface area contributed by atoms with E-state index in [2.05, 4.69) is 20.7 Å². The van der Waals surface area contributed by atoms with E-state index in [1.807, 2.05) is 0 Å². The quantitative estimate of drug-likeness (QED) is 0.549. The Bertz CT molecular complexity index is 349. The van der Waals surface area contributed by atoms with Gasteiger partial charge in [0.05, 0.1) is 5.75 Å². The molecule has 0 fully saturated rings. The summed E-state index contributed by atoms with van der Waals surface area (Å²) < 4.78 is 47.5. The topological polar surface area (TPSA) is 18.5 Å². The second kappa shape index (κ2) is 7.40. The van der Waals surface area contributed by atoms with Crippen LogP contribution in [0, 0.1) is 0 Å². The minimum atomic E-state index is -5.07. The van der Waals surface area contributed by atoms with Gasteiger partial charge in [0.25, 0.3) is 0 Å². The van der Waals surface area contributed by atoms with Gasteiger partial charge >= 0.3 is 58.4 Å². The summed E-state index contributed by atoms with van der Waals surface area (Å²) in [6.45, 7) is -5.28. The predicted molar refractivity (Wildman–Crippen MR) is 55.4 cm³/mol. The SMILES string of the molecule is COCOc1cc(Br)ccc1[B-](F)(F)F.[K+]. The molecule has 0 N–H and O–H groups in total. The average Bonchev–Trinajstić information content (AvgIpc) is 2.12. The Hall–Kier alpha value is 0.951. The third-order valence-corrected chi connectivity index (χ3v) is 2.15. The van der Waals surface area contributed by atoms with E-state index < -0.39 is 12.4 Å². The van der Waals surface area contributed by atoms with Crippen molar-refractivity contribution in [3.05, 3.63) is 22.7 Å². The van der Waals surface area contributed by atoms with Crippen molar-refractivity contribution >= 4 is 28.4 Å². The summed E-state index contributed by atoms with van der Waals surface area (Å²) >= 11 is 3.07. The van der Waals surface area contributed by atoms with E-state index in [9.17, 15) is 12.9 Å². The molecule has 0 spiro atoms. The van der Waals surface area contributed by atoms with Gasteiger partial charge in [-0.2, -0.15) is 0 Å². The third kappa shape index (κ3) is 5.07. The van der Waals surface area contributed by atoms with Crippen LogP contribution in [0.25, 0.3) is 0 Å². The van der Waals surface area contributed by atoms with Gasteiger partial charge < -0.3 is 22.4 Å². The Labute approximate surface area is 142 Å². The molecule has 0 saturated heterocycles. The molecule has 0 heterocycles. The summed E-state index contributed by atoms with van der Waals surface area (Å²) in [5.74, 6) is -0.223. The van der Waals surface area contributed by atoms with E-state index >= 15 is 0 Å². The van der Waals surface area contributed by atoms with Crippen LogP contribution in [-0.4, -0.2) is 20.9 Å². The molecule has 0 unspecified atom stereocenters. The summed E-state index contributed by atoms with van der Waals surface area (Å²) in [5.41, 5.74) is -0.754. The molecule has 1 aromatic rings. The van der Waals surface area contributed by atoms with Crippen molar-refractivity contribution < 1.29 is 73.8 Å². The molecule has 0 amide bonds. The monoisotopic (exact) mass is 322 g/mol. The Morgan fingerprint density at radius 3 is 2.44 bits per heavy atom. The molecular formula is C8H8BBrF3KO2. The van der Waals surface area contributed by atoms with Gasteiger partial charge in [0.1, 0.15) is 0 Å². The standard InChI is InChI=1S/C8H8BBrF3O2.K/c1-14-5-15-8-4-6(10)2-3-7(8)9(11,12)13;/h2-4H,5H2,1H3;/q-1;+1. The number of rotatable bonds is 4. The zero-order valence-electron chi connectivity index (χ0n) is 8.84. The molecule has 0 atom stereocenters. The van der Waals surface area contributed by atoms with Crippen molar-refractivity contribution in [1.29, 1.82) is 0 Å². The Balaban J connectivity index is 0.00000225. The fraction of sp³-hybridized carbons (Fsp3) is 0.250. The van der Waals surface area contributed by atoms with Gasteiger partial charge in [0, 0.05) is 11.6 Å². The zero-order valence-corrected chi connectivity index (χ0v) is 13.6. The Morgan fingerprint density at radius 2 is 1.94 bits per heavy atom. The summed E-state index contributed by atoms with van der Waals surface area (Å²) in [6, 6.07) is 3.57. The summed E-state index contributed by atoms with van der Waals surface area (Å²) in [4.78, 5) is 0. The predicted octanol–water partition coefficient (Wildman–Crippen LogP) is -0.510. The largest absolute Gasteiger partial charge is 1.00 e. The van der Waals surface area contributed by atoms with Crippen molar-refractivity contribution in [2.24, 2.45) is 0 Å². The molecule has 0 aliphatic heterocycles. The maximum atomic E-state index is 12.5. The number of hydrogen-bond acceptors (Lipinski definition) is 2. The number of methoxy groups -OCH3 is 1. The molecule has 0 saturated carbocycles. The number of benzene rings is 1. The normalized spacial score (nSPS) is 10.8. The smallest absolute Gasteiger partial charge is 0.471 e. The molecule has 0 aromatic heterocycles. The van der Waals surface area contributed by atoms with Crippen LogP contribution in [0.1, 0.15) is 0 Å². The van der Waals surface area contributed by atoms with Crippen LogP contribution < -0.4 is 61.6 Å². The molecule has 8 heteroatoms. The molecule has 1 aromatic carbocycles. The zero-order chi connectivity index (χ0) is 11.5.